The lowest BCUT2D eigenvalue weighted by molar-refractivity contribution is 0.0303. The Morgan fingerprint density at radius 2 is 1.40 bits per heavy atom. The molecule has 3 heterocycles. The van der Waals surface area contributed by atoms with Crippen molar-refractivity contribution in [3.63, 3.8) is 0 Å². The number of Topliss-reactive ketones (excluding diaryl/α,β-unsaturated/α-hetero) is 1. The lowest BCUT2D eigenvalue weighted by Gasteiger charge is -2.29. The van der Waals surface area contributed by atoms with Gasteiger partial charge in [0.2, 0.25) is 0 Å². The number of carbonyl (C=O) groups excluding carboxylic acids is 3. The first-order valence-electron chi connectivity index (χ1n) is 14.0. The maximum Gasteiger partial charge on any atom is 0.323 e. The Morgan fingerprint density at radius 1 is 0.833 bits per heavy atom. The van der Waals surface area contributed by atoms with E-state index in [9.17, 15) is 14.4 Å². The zero-order valence-electron chi connectivity index (χ0n) is 23.7. The van der Waals surface area contributed by atoms with Crippen LogP contribution in [0.4, 0.5) is 22.0 Å². The molecule has 12 nitrogen and oxygen atoms in total. The van der Waals surface area contributed by atoms with Gasteiger partial charge in [-0.1, -0.05) is 0 Å². The fourth-order valence-corrected chi connectivity index (χ4v) is 4.71. The van der Waals surface area contributed by atoms with Crippen molar-refractivity contribution >= 4 is 34.9 Å². The van der Waals surface area contributed by atoms with Crippen LogP contribution in [0, 0.1) is 0 Å². The van der Waals surface area contributed by atoms with E-state index in [0.29, 0.717) is 99.1 Å². The van der Waals surface area contributed by atoms with Gasteiger partial charge >= 0.3 is 6.03 Å². The topological polar surface area (TPSA) is 135 Å². The zero-order valence-corrected chi connectivity index (χ0v) is 23.7. The van der Waals surface area contributed by atoms with E-state index in [1.54, 1.807) is 53.4 Å². The molecule has 2 aromatic carbocycles. The number of rotatable bonds is 8. The number of ketones is 1. The molecule has 0 saturated carbocycles. The molecular weight excluding hydrogens is 540 g/mol. The summed E-state index contributed by atoms with van der Waals surface area (Å²) in [5.41, 5.74) is 2.57. The Labute approximate surface area is 244 Å². The van der Waals surface area contributed by atoms with Crippen LogP contribution in [0.15, 0.2) is 48.5 Å². The second-order valence-electron chi connectivity index (χ2n) is 9.78. The van der Waals surface area contributed by atoms with Gasteiger partial charge in [-0.3, -0.25) is 9.59 Å². The number of carbonyl (C=O) groups is 3. The molecule has 220 valence electrons. The van der Waals surface area contributed by atoms with Crippen molar-refractivity contribution in [3.8, 4) is 17.1 Å². The number of hydrogen-bond acceptors (Lipinski definition) is 9. The Bertz CT molecular complexity index is 1420. The maximum absolute atomic E-state index is 12.6. The number of anilines is 3. The molecule has 1 aromatic heterocycles. The lowest BCUT2D eigenvalue weighted by atomic mass is 10.1. The van der Waals surface area contributed by atoms with Crippen LogP contribution >= 0.6 is 0 Å². The Morgan fingerprint density at radius 3 is 1.98 bits per heavy atom. The van der Waals surface area contributed by atoms with Gasteiger partial charge in [0.1, 0.15) is 0 Å². The van der Waals surface area contributed by atoms with E-state index in [0.717, 1.165) is 0 Å². The number of urea groups is 1. The molecule has 3 aromatic rings. The number of morpholine rings is 2. The van der Waals surface area contributed by atoms with Crippen LogP contribution in [-0.4, -0.2) is 91.8 Å². The SMILES string of the molecule is CCOc1c(C(C)=O)nc(-c2ccc(NC(=O)Nc3ccc(C(=O)N4CCOCC4)cc3)cc2)nc1N1CCOCC1. The lowest BCUT2D eigenvalue weighted by Crippen LogP contribution is -2.40. The second kappa shape index (κ2) is 13.4. The summed E-state index contributed by atoms with van der Waals surface area (Å²) in [5.74, 6) is 1.05. The van der Waals surface area contributed by atoms with Gasteiger partial charge in [-0.15, -0.1) is 0 Å². The normalized spacial score (nSPS) is 15.2. The summed E-state index contributed by atoms with van der Waals surface area (Å²) in [6, 6.07) is 13.4. The smallest absolute Gasteiger partial charge is 0.323 e. The maximum atomic E-state index is 12.6. The third-order valence-electron chi connectivity index (χ3n) is 6.87. The fourth-order valence-electron chi connectivity index (χ4n) is 4.71. The van der Waals surface area contributed by atoms with Crippen molar-refractivity contribution in [1.82, 2.24) is 14.9 Å². The van der Waals surface area contributed by atoms with Crippen molar-refractivity contribution in [2.45, 2.75) is 13.8 Å². The first kappa shape index (κ1) is 29.0. The first-order chi connectivity index (χ1) is 20.4. The molecule has 0 radical (unpaired) electrons. The fraction of sp³-hybridized carbons (Fsp3) is 0.367. The van der Waals surface area contributed by atoms with E-state index in [1.807, 2.05) is 11.8 Å². The number of ether oxygens (including phenoxy) is 3. The molecule has 42 heavy (non-hydrogen) atoms. The van der Waals surface area contributed by atoms with E-state index >= 15 is 0 Å². The van der Waals surface area contributed by atoms with E-state index in [-0.39, 0.29) is 17.4 Å². The highest BCUT2D eigenvalue weighted by Gasteiger charge is 2.25. The molecule has 2 saturated heterocycles. The van der Waals surface area contributed by atoms with Gasteiger partial charge in [0, 0.05) is 55.6 Å². The van der Waals surface area contributed by atoms with Crippen LogP contribution in [0.5, 0.6) is 5.75 Å². The van der Waals surface area contributed by atoms with Crippen LogP contribution in [0.3, 0.4) is 0 Å². The van der Waals surface area contributed by atoms with E-state index in [2.05, 4.69) is 15.6 Å². The molecule has 2 aliphatic heterocycles. The molecule has 0 atom stereocenters. The van der Waals surface area contributed by atoms with Gasteiger partial charge < -0.3 is 34.6 Å². The molecule has 2 fully saturated rings. The summed E-state index contributed by atoms with van der Waals surface area (Å²) in [7, 11) is 0. The van der Waals surface area contributed by atoms with Gasteiger partial charge in [0.05, 0.1) is 33.0 Å². The molecule has 5 rings (SSSR count). The largest absolute Gasteiger partial charge is 0.488 e. The molecule has 0 bridgehead atoms. The number of nitrogens with one attached hydrogen (secondary N) is 2. The Hall–Kier alpha value is -4.55. The quantitative estimate of drug-likeness (QED) is 0.386. The van der Waals surface area contributed by atoms with Crippen molar-refractivity contribution in [2.75, 3.05) is 74.7 Å². The molecule has 2 aliphatic rings. The summed E-state index contributed by atoms with van der Waals surface area (Å²) in [6.45, 7) is 8.25. The van der Waals surface area contributed by atoms with Crippen molar-refractivity contribution in [3.05, 3.63) is 59.8 Å². The second-order valence-corrected chi connectivity index (χ2v) is 9.78. The minimum Gasteiger partial charge on any atom is -0.488 e. The number of hydrogen-bond donors (Lipinski definition) is 2. The minimum absolute atomic E-state index is 0.0570. The van der Waals surface area contributed by atoms with E-state index in [4.69, 9.17) is 19.2 Å². The highest BCUT2D eigenvalue weighted by atomic mass is 16.5. The average molecular weight is 575 g/mol. The van der Waals surface area contributed by atoms with Crippen LogP contribution in [-0.2, 0) is 9.47 Å². The van der Waals surface area contributed by atoms with E-state index < -0.39 is 6.03 Å². The third kappa shape index (κ3) is 6.84. The van der Waals surface area contributed by atoms with Gasteiger partial charge in [-0.05, 0) is 55.5 Å². The molecule has 12 heteroatoms. The van der Waals surface area contributed by atoms with Crippen molar-refractivity contribution in [2.24, 2.45) is 0 Å². The van der Waals surface area contributed by atoms with Crippen molar-refractivity contribution in [1.29, 1.82) is 0 Å². The highest BCUT2D eigenvalue weighted by molar-refractivity contribution is 6.01. The predicted molar refractivity (Wildman–Crippen MR) is 157 cm³/mol. The van der Waals surface area contributed by atoms with Crippen LogP contribution in [0.1, 0.15) is 34.7 Å². The zero-order chi connectivity index (χ0) is 29.5. The van der Waals surface area contributed by atoms with Crippen LogP contribution in [0.25, 0.3) is 11.4 Å². The van der Waals surface area contributed by atoms with Crippen LogP contribution in [0.2, 0.25) is 0 Å². The summed E-state index contributed by atoms with van der Waals surface area (Å²) < 4.78 is 16.6. The van der Waals surface area contributed by atoms with Crippen molar-refractivity contribution < 1.29 is 28.6 Å². The van der Waals surface area contributed by atoms with Gasteiger partial charge in [-0.2, -0.15) is 0 Å². The van der Waals surface area contributed by atoms with E-state index in [1.165, 1.54) is 6.92 Å². The predicted octanol–water partition coefficient (Wildman–Crippen LogP) is 3.70. The minimum atomic E-state index is -0.430. The Balaban J connectivity index is 1.27. The summed E-state index contributed by atoms with van der Waals surface area (Å²) in [6.07, 6.45) is 0. The van der Waals surface area contributed by atoms with Crippen LogP contribution < -0.4 is 20.3 Å². The average Bonchev–Trinajstić information content (AvgIpc) is 3.02. The first-order valence-corrected chi connectivity index (χ1v) is 14.0. The number of nitrogens with zero attached hydrogens (tertiary/aromatic N) is 4. The third-order valence-corrected chi connectivity index (χ3v) is 6.87. The summed E-state index contributed by atoms with van der Waals surface area (Å²) in [5, 5.41) is 5.58. The summed E-state index contributed by atoms with van der Waals surface area (Å²) in [4.78, 5) is 50.9. The molecular formula is C30H34N6O6. The standard InChI is InChI=1S/C30H34N6O6/c1-3-42-26-25(20(2)37)33-27(34-28(26)35-12-16-40-17-13-35)21-4-8-23(9-5-21)31-30(39)32-24-10-6-22(7-11-24)29(38)36-14-18-41-19-15-36/h4-11H,3,12-19H2,1-2H3,(H2,31,32,39). The molecule has 3 amide bonds. The number of aromatic nitrogens is 2. The van der Waals surface area contributed by atoms with Gasteiger partial charge in [0.15, 0.2) is 28.9 Å². The van der Waals surface area contributed by atoms with Gasteiger partial charge in [-0.25, -0.2) is 14.8 Å². The Kier molecular flexibility index (Phi) is 9.25. The summed E-state index contributed by atoms with van der Waals surface area (Å²) >= 11 is 0. The number of amides is 3. The molecule has 0 unspecified atom stereocenters. The highest BCUT2D eigenvalue weighted by Crippen LogP contribution is 2.33. The molecule has 0 aliphatic carbocycles. The number of benzene rings is 2. The van der Waals surface area contributed by atoms with Gasteiger partial charge in [0.25, 0.3) is 5.91 Å². The molecule has 2 N–H and O–H groups in total. The monoisotopic (exact) mass is 574 g/mol. The molecule has 0 spiro atoms.